The molecule has 0 bridgehead atoms. The molecule has 0 aliphatic heterocycles. The van der Waals surface area contributed by atoms with Crippen molar-refractivity contribution in [3.63, 3.8) is 0 Å². The summed E-state index contributed by atoms with van der Waals surface area (Å²) in [6.07, 6.45) is 4.99. The van der Waals surface area contributed by atoms with Gasteiger partial charge in [-0.25, -0.2) is 9.97 Å². The molecule has 132 valence electrons. The molecular weight excluding hydrogens is 340 g/mol. The summed E-state index contributed by atoms with van der Waals surface area (Å²) in [5.74, 6) is 0.256. The second kappa shape index (κ2) is 7.21. The molecule has 4 rings (SSSR count). The van der Waals surface area contributed by atoms with Crippen molar-refractivity contribution in [3.05, 3.63) is 78.8 Å². The maximum Gasteiger partial charge on any atom is 0.256 e. The molecule has 0 atom stereocenters. The molecule has 6 nitrogen and oxygen atoms in total. The number of benzene rings is 1. The molecule has 3 aromatic heterocycles. The highest BCUT2D eigenvalue weighted by atomic mass is 16.5. The minimum Gasteiger partial charge on any atom is -0.481 e. The van der Waals surface area contributed by atoms with Crippen molar-refractivity contribution < 1.29 is 9.53 Å². The van der Waals surface area contributed by atoms with E-state index in [0.717, 1.165) is 16.5 Å². The molecule has 0 saturated carbocycles. The fraction of sp³-hybridized carbons (Fsp3) is 0.0476. The Morgan fingerprint density at radius 1 is 1.04 bits per heavy atom. The van der Waals surface area contributed by atoms with Crippen LogP contribution in [0.2, 0.25) is 0 Å². The summed E-state index contributed by atoms with van der Waals surface area (Å²) in [5, 5.41) is 3.66. The number of para-hydroxylation sites is 1. The average Bonchev–Trinajstić information content (AvgIpc) is 2.74. The summed E-state index contributed by atoms with van der Waals surface area (Å²) in [7, 11) is 1.55. The number of fused-ring (bicyclic) bond motifs is 1. The molecular formula is C21H16N4O2. The van der Waals surface area contributed by atoms with Crippen molar-refractivity contribution in [2.45, 2.75) is 0 Å². The first-order valence-corrected chi connectivity index (χ1v) is 8.36. The van der Waals surface area contributed by atoms with Crippen LogP contribution in [0.25, 0.3) is 22.2 Å². The molecule has 1 amide bonds. The summed E-state index contributed by atoms with van der Waals surface area (Å²) in [5.41, 5.74) is 3.42. The third kappa shape index (κ3) is 3.46. The van der Waals surface area contributed by atoms with E-state index in [2.05, 4.69) is 20.3 Å². The second-order valence-electron chi connectivity index (χ2n) is 5.86. The molecule has 0 fully saturated rings. The fourth-order valence-corrected chi connectivity index (χ4v) is 2.80. The van der Waals surface area contributed by atoms with Gasteiger partial charge in [-0.2, -0.15) is 0 Å². The van der Waals surface area contributed by atoms with Gasteiger partial charge in [0.05, 0.1) is 35.8 Å². The molecule has 27 heavy (non-hydrogen) atoms. The van der Waals surface area contributed by atoms with Gasteiger partial charge >= 0.3 is 0 Å². The van der Waals surface area contributed by atoms with Gasteiger partial charge < -0.3 is 10.1 Å². The zero-order valence-electron chi connectivity index (χ0n) is 14.6. The summed E-state index contributed by atoms with van der Waals surface area (Å²) in [6, 6.07) is 16.5. The monoisotopic (exact) mass is 356 g/mol. The highest BCUT2D eigenvalue weighted by molar-refractivity contribution is 6.13. The minimum absolute atomic E-state index is 0.231. The lowest BCUT2D eigenvalue weighted by Gasteiger charge is -2.10. The molecule has 0 aliphatic carbocycles. The van der Waals surface area contributed by atoms with Crippen LogP contribution in [0, 0.1) is 0 Å². The fourth-order valence-electron chi connectivity index (χ4n) is 2.80. The Balaban J connectivity index is 1.75. The lowest BCUT2D eigenvalue weighted by Crippen LogP contribution is -2.13. The van der Waals surface area contributed by atoms with E-state index in [1.54, 1.807) is 43.9 Å². The number of hydrogen-bond donors (Lipinski definition) is 1. The number of carbonyl (C=O) groups is 1. The SMILES string of the molecule is COc1ccc(NC(=O)c2cc(-c3cccnc3)nc3ccccc23)cn1. The van der Waals surface area contributed by atoms with E-state index in [9.17, 15) is 4.79 Å². The number of ether oxygens (including phenoxy) is 1. The predicted molar refractivity (Wildman–Crippen MR) is 104 cm³/mol. The van der Waals surface area contributed by atoms with Gasteiger partial charge in [0.25, 0.3) is 5.91 Å². The smallest absolute Gasteiger partial charge is 0.256 e. The van der Waals surface area contributed by atoms with E-state index < -0.39 is 0 Å². The van der Waals surface area contributed by atoms with Crippen LogP contribution >= 0.6 is 0 Å². The standard InChI is InChI=1S/C21H16N4O2/c1-27-20-9-8-15(13-23-20)24-21(26)17-11-19(14-5-4-10-22-12-14)25-18-7-3-2-6-16(17)18/h2-13H,1H3,(H,24,26). The molecule has 1 aromatic carbocycles. The third-order valence-electron chi connectivity index (χ3n) is 4.12. The summed E-state index contributed by atoms with van der Waals surface area (Å²) in [6.45, 7) is 0. The van der Waals surface area contributed by atoms with E-state index in [0.29, 0.717) is 22.8 Å². The van der Waals surface area contributed by atoms with E-state index in [1.807, 2.05) is 36.4 Å². The zero-order valence-corrected chi connectivity index (χ0v) is 14.6. The third-order valence-corrected chi connectivity index (χ3v) is 4.12. The number of hydrogen-bond acceptors (Lipinski definition) is 5. The molecule has 4 aromatic rings. The zero-order chi connectivity index (χ0) is 18.6. The Morgan fingerprint density at radius 3 is 2.67 bits per heavy atom. The summed E-state index contributed by atoms with van der Waals surface area (Å²) >= 11 is 0. The van der Waals surface area contributed by atoms with Crippen LogP contribution in [0.1, 0.15) is 10.4 Å². The van der Waals surface area contributed by atoms with Crippen molar-refractivity contribution in [1.29, 1.82) is 0 Å². The number of nitrogens with one attached hydrogen (secondary N) is 1. The number of aromatic nitrogens is 3. The Bertz CT molecular complexity index is 1100. The van der Waals surface area contributed by atoms with Gasteiger partial charge in [-0.1, -0.05) is 18.2 Å². The van der Waals surface area contributed by atoms with E-state index >= 15 is 0 Å². The lowest BCUT2D eigenvalue weighted by molar-refractivity contribution is 0.102. The molecule has 0 radical (unpaired) electrons. The Hall–Kier alpha value is -3.80. The molecule has 0 saturated heterocycles. The van der Waals surface area contributed by atoms with Crippen LogP contribution in [-0.2, 0) is 0 Å². The number of nitrogens with zero attached hydrogens (tertiary/aromatic N) is 3. The largest absolute Gasteiger partial charge is 0.481 e. The van der Waals surface area contributed by atoms with Crippen LogP contribution in [0.3, 0.4) is 0 Å². The van der Waals surface area contributed by atoms with Gasteiger partial charge in [-0.3, -0.25) is 9.78 Å². The molecule has 0 aliphatic rings. The van der Waals surface area contributed by atoms with E-state index in [-0.39, 0.29) is 5.91 Å². The van der Waals surface area contributed by atoms with Crippen molar-refractivity contribution >= 4 is 22.5 Å². The van der Waals surface area contributed by atoms with Gasteiger partial charge in [-0.15, -0.1) is 0 Å². The summed E-state index contributed by atoms with van der Waals surface area (Å²) < 4.78 is 5.04. The number of rotatable bonds is 4. The Morgan fingerprint density at radius 2 is 1.93 bits per heavy atom. The van der Waals surface area contributed by atoms with Gasteiger partial charge in [0.15, 0.2) is 0 Å². The van der Waals surface area contributed by atoms with E-state index in [1.165, 1.54) is 0 Å². The lowest BCUT2D eigenvalue weighted by atomic mass is 10.0. The quantitative estimate of drug-likeness (QED) is 0.599. The first-order valence-electron chi connectivity index (χ1n) is 8.36. The second-order valence-corrected chi connectivity index (χ2v) is 5.86. The topological polar surface area (TPSA) is 77.0 Å². The molecule has 3 heterocycles. The maximum atomic E-state index is 13.0. The molecule has 0 unspecified atom stereocenters. The van der Waals surface area contributed by atoms with Crippen molar-refractivity contribution in [2.24, 2.45) is 0 Å². The van der Waals surface area contributed by atoms with Crippen LogP contribution < -0.4 is 10.1 Å². The maximum absolute atomic E-state index is 13.0. The predicted octanol–water partition coefficient (Wildman–Crippen LogP) is 3.95. The van der Waals surface area contributed by atoms with Gasteiger partial charge in [0.2, 0.25) is 5.88 Å². The highest BCUT2D eigenvalue weighted by Crippen LogP contribution is 2.25. The van der Waals surface area contributed by atoms with Crippen LogP contribution in [0.5, 0.6) is 5.88 Å². The number of anilines is 1. The number of pyridine rings is 3. The van der Waals surface area contributed by atoms with Gasteiger partial charge in [0.1, 0.15) is 0 Å². The Labute approximate surface area is 155 Å². The molecule has 1 N–H and O–H groups in total. The number of amides is 1. The van der Waals surface area contributed by atoms with Gasteiger partial charge in [-0.05, 0) is 30.3 Å². The van der Waals surface area contributed by atoms with Crippen molar-refractivity contribution in [3.8, 4) is 17.1 Å². The van der Waals surface area contributed by atoms with Crippen LogP contribution in [-0.4, -0.2) is 28.0 Å². The first kappa shape index (κ1) is 16.7. The average molecular weight is 356 g/mol. The number of carbonyl (C=O) groups excluding carboxylic acids is 1. The van der Waals surface area contributed by atoms with E-state index in [4.69, 9.17) is 4.74 Å². The summed E-state index contributed by atoms with van der Waals surface area (Å²) in [4.78, 5) is 25.9. The van der Waals surface area contributed by atoms with Gasteiger partial charge in [0, 0.05) is 29.4 Å². The highest BCUT2D eigenvalue weighted by Gasteiger charge is 2.14. The number of methoxy groups -OCH3 is 1. The van der Waals surface area contributed by atoms with Crippen molar-refractivity contribution in [1.82, 2.24) is 15.0 Å². The molecule has 0 spiro atoms. The normalized spacial score (nSPS) is 10.6. The van der Waals surface area contributed by atoms with Crippen LogP contribution in [0.4, 0.5) is 5.69 Å². The van der Waals surface area contributed by atoms with Crippen molar-refractivity contribution in [2.75, 3.05) is 12.4 Å². The Kier molecular flexibility index (Phi) is 4.45. The first-order chi connectivity index (χ1) is 13.2. The minimum atomic E-state index is -0.231. The molecule has 6 heteroatoms. The van der Waals surface area contributed by atoms with Crippen LogP contribution in [0.15, 0.2) is 73.2 Å².